The molecule has 70 valence electrons. The predicted octanol–water partition coefficient (Wildman–Crippen LogP) is 3.09. The average Bonchev–Trinajstić information content (AvgIpc) is 2.07. The molecule has 0 bridgehead atoms. The van der Waals surface area contributed by atoms with Gasteiger partial charge in [-0.3, -0.25) is 10.1 Å². The molecule has 0 radical (unpaired) electrons. The number of halogens is 3. The third kappa shape index (κ3) is 1.97. The first kappa shape index (κ1) is 10.8. The normalized spacial score (nSPS) is 10.1. The number of nitro benzene ring substituents is 1. The lowest BCUT2D eigenvalue weighted by atomic mass is 10.3. The first-order valence-corrected chi connectivity index (χ1v) is 4.86. The van der Waals surface area contributed by atoms with Crippen molar-refractivity contribution in [2.24, 2.45) is 0 Å². The summed E-state index contributed by atoms with van der Waals surface area (Å²) in [6, 6.07) is 1.14. The number of rotatable bonds is 1. The zero-order chi connectivity index (χ0) is 10.2. The van der Waals surface area contributed by atoms with Gasteiger partial charge in [0.25, 0.3) is 5.69 Å². The van der Waals surface area contributed by atoms with Crippen molar-refractivity contribution in [3.8, 4) is 0 Å². The van der Waals surface area contributed by atoms with Crippen LogP contribution >= 0.6 is 45.8 Å². The van der Waals surface area contributed by atoms with Crippen molar-refractivity contribution < 1.29 is 4.92 Å². The van der Waals surface area contributed by atoms with E-state index < -0.39 is 4.92 Å². The van der Waals surface area contributed by atoms with Crippen molar-refractivity contribution in [2.45, 2.75) is 0 Å². The molecule has 0 unspecified atom stereocenters. The summed E-state index contributed by atoms with van der Waals surface area (Å²) in [4.78, 5) is 9.86. The van der Waals surface area contributed by atoms with Crippen molar-refractivity contribution in [3.05, 3.63) is 29.8 Å². The molecular weight excluding hydrogens is 330 g/mol. The van der Waals surface area contributed by atoms with Crippen molar-refractivity contribution in [1.29, 1.82) is 0 Å². The number of hydrogen-bond donors (Lipinski definition) is 1. The number of anilines is 1. The molecule has 2 N–H and O–H groups in total. The zero-order valence-corrected chi connectivity index (χ0v) is 9.72. The van der Waals surface area contributed by atoms with Crippen LogP contribution in [-0.4, -0.2) is 4.92 Å². The molecule has 4 nitrogen and oxygen atoms in total. The average molecular weight is 333 g/mol. The third-order valence-electron chi connectivity index (χ3n) is 1.37. The Morgan fingerprint density at radius 3 is 2.54 bits per heavy atom. The van der Waals surface area contributed by atoms with Crippen LogP contribution in [0.5, 0.6) is 0 Å². The molecule has 1 rings (SSSR count). The van der Waals surface area contributed by atoms with E-state index in [1.54, 1.807) is 0 Å². The molecule has 0 aromatic heterocycles. The van der Waals surface area contributed by atoms with E-state index in [-0.39, 0.29) is 21.4 Å². The largest absolute Gasteiger partial charge is 0.392 e. The van der Waals surface area contributed by atoms with E-state index in [1.165, 1.54) is 0 Å². The maximum absolute atomic E-state index is 10.5. The van der Waals surface area contributed by atoms with E-state index in [1.807, 2.05) is 22.6 Å². The Balaban J connectivity index is 3.50. The monoisotopic (exact) mass is 332 g/mol. The maximum atomic E-state index is 10.5. The lowest BCUT2D eigenvalue weighted by Crippen LogP contribution is -1.98. The van der Waals surface area contributed by atoms with Gasteiger partial charge in [-0.2, -0.15) is 0 Å². The smallest absolute Gasteiger partial charge is 0.294 e. The molecule has 0 amide bonds. The Morgan fingerprint density at radius 2 is 2.08 bits per heavy atom. The molecule has 0 aliphatic heterocycles. The lowest BCUT2D eigenvalue weighted by Gasteiger charge is -2.03. The second kappa shape index (κ2) is 3.85. The molecule has 0 fully saturated rings. The zero-order valence-electron chi connectivity index (χ0n) is 6.05. The number of hydrogen-bond acceptors (Lipinski definition) is 3. The second-order valence-electron chi connectivity index (χ2n) is 2.18. The highest BCUT2D eigenvalue weighted by atomic mass is 127. The van der Waals surface area contributed by atoms with Crippen LogP contribution in [0.2, 0.25) is 10.0 Å². The minimum atomic E-state index is -0.598. The fourth-order valence-corrected chi connectivity index (χ4v) is 1.83. The second-order valence-corrected chi connectivity index (χ2v) is 4.04. The number of nitro groups is 1. The van der Waals surface area contributed by atoms with Gasteiger partial charge < -0.3 is 5.73 Å². The number of nitrogens with zero attached hydrogens (tertiary/aromatic N) is 1. The first-order valence-electron chi connectivity index (χ1n) is 3.02. The fourth-order valence-electron chi connectivity index (χ4n) is 0.748. The molecule has 1 aromatic rings. The van der Waals surface area contributed by atoms with Crippen LogP contribution in [0.3, 0.4) is 0 Å². The van der Waals surface area contributed by atoms with E-state index in [0.29, 0.717) is 3.57 Å². The number of benzene rings is 1. The van der Waals surface area contributed by atoms with Crippen molar-refractivity contribution in [2.75, 3.05) is 5.73 Å². The van der Waals surface area contributed by atoms with Crippen LogP contribution < -0.4 is 5.73 Å². The van der Waals surface area contributed by atoms with Gasteiger partial charge in [-0.05, 0) is 22.6 Å². The Morgan fingerprint density at radius 1 is 1.54 bits per heavy atom. The van der Waals surface area contributed by atoms with Gasteiger partial charge in [-0.1, -0.05) is 23.2 Å². The maximum Gasteiger partial charge on any atom is 0.294 e. The van der Waals surface area contributed by atoms with Crippen LogP contribution in [0.15, 0.2) is 6.07 Å². The quantitative estimate of drug-likeness (QED) is 0.282. The highest BCUT2D eigenvalue weighted by Gasteiger charge is 2.19. The van der Waals surface area contributed by atoms with E-state index in [4.69, 9.17) is 28.9 Å². The number of nitrogens with two attached hydrogens (primary N) is 1. The van der Waals surface area contributed by atoms with Crippen LogP contribution in [0, 0.1) is 13.7 Å². The van der Waals surface area contributed by atoms with Crippen LogP contribution in [0.1, 0.15) is 0 Å². The summed E-state index contributed by atoms with van der Waals surface area (Å²) in [5.41, 5.74) is 5.28. The molecule has 0 heterocycles. The van der Waals surface area contributed by atoms with Gasteiger partial charge in [-0.15, -0.1) is 0 Å². The summed E-state index contributed by atoms with van der Waals surface area (Å²) in [6.07, 6.45) is 0. The summed E-state index contributed by atoms with van der Waals surface area (Å²) in [6.45, 7) is 0. The van der Waals surface area contributed by atoms with Crippen molar-refractivity contribution in [3.63, 3.8) is 0 Å². The Kier molecular flexibility index (Phi) is 3.20. The van der Waals surface area contributed by atoms with E-state index >= 15 is 0 Å². The molecule has 0 saturated carbocycles. The highest BCUT2D eigenvalue weighted by Crippen LogP contribution is 2.37. The topological polar surface area (TPSA) is 69.2 Å². The molecular formula is C6H3Cl2IN2O2. The molecule has 1 aromatic carbocycles. The summed E-state index contributed by atoms with van der Waals surface area (Å²) in [5.74, 6) is 0. The summed E-state index contributed by atoms with van der Waals surface area (Å²) in [5, 5.41) is 10.8. The van der Waals surface area contributed by atoms with Crippen molar-refractivity contribution >= 4 is 57.2 Å². The van der Waals surface area contributed by atoms with Crippen molar-refractivity contribution in [1.82, 2.24) is 0 Å². The van der Waals surface area contributed by atoms with Gasteiger partial charge in [0.1, 0.15) is 5.69 Å². The summed E-state index contributed by atoms with van der Waals surface area (Å²) < 4.78 is 0.401. The molecule has 7 heteroatoms. The molecule has 0 spiro atoms. The van der Waals surface area contributed by atoms with Gasteiger partial charge in [0.2, 0.25) is 0 Å². The Hall–Kier alpha value is -0.270. The van der Waals surface area contributed by atoms with Crippen LogP contribution in [0.4, 0.5) is 11.4 Å². The molecule has 0 aliphatic rings. The molecule has 0 aliphatic carbocycles. The third-order valence-corrected chi connectivity index (χ3v) is 3.60. The fraction of sp³-hybridized carbons (Fsp3) is 0. The minimum Gasteiger partial charge on any atom is -0.392 e. The van der Waals surface area contributed by atoms with E-state index in [0.717, 1.165) is 6.07 Å². The minimum absolute atomic E-state index is 0.0417. The molecule has 0 saturated heterocycles. The standard InChI is InChI=1S/C6H3Cl2IN2O2/c7-2-1-3(11(12)13)6(10)5(9)4(2)8/h1H,10H2. The van der Waals surface area contributed by atoms with Crippen LogP contribution in [-0.2, 0) is 0 Å². The highest BCUT2D eigenvalue weighted by molar-refractivity contribution is 14.1. The summed E-state index contributed by atoms with van der Waals surface area (Å²) >= 11 is 13.2. The SMILES string of the molecule is Nc1c([N+](=O)[O-])cc(Cl)c(Cl)c1I. The first-order chi connectivity index (χ1) is 5.95. The predicted molar refractivity (Wildman–Crippen MR) is 60.2 cm³/mol. The molecule has 0 atom stereocenters. The van der Waals surface area contributed by atoms with E-state index in [9.17, 15) is 10.1 Å². The molecule has 13 heavy (non-hydrogen) atoms. The Labute approximate surface area is 97.3 Å². The van der Waals surface area contributed by atoms with Gasteiger partial charge in [0.15, 0.2) is 0 Å². The Bertz CT molecular complexity index is 383. The van der Waals surface area contributed by atoms with E-state index in [2.05, 4.69) is 0 Å². The lowest BCUT2D eigenvalue weighted by molar-refractivity contribution is -0.383. The van der Waals surface area contributed by atoms with Gasteiger partial charge in [0.05, 0.1) is 18.5 Å². The van der Waals surface area contributed by atoms with Crippen LogP contribution in [0.25, 0.3) is 0 Å². The van der Waals surface area contributed by atoms with Gasteiger partial charge >= 0.3 is 0 Å². The van der Waals surface area contributed by atoms with Gasteiger partial charge in [-0.25, -0.2) is 0 Å². The van der Waals surface area contributed by atoms with Gasteiger partial charge in [0, 0.05) is 6.07 Å². The number of nitrogen functional groups attached to an aromatic ring is 1. The summed E-state index contributed by atoms with van der Waals surface area (Å²) in [7, 11) is 0.